The third-order valence-corrected chi connectivity index (χ3v) is 5.64. The van der Waals surface area contributed by atoms with Gasteiger partial charge in [0.25, 0.3) is 0 Å². The maximum Gasteiger partial charge on any atom is 0.194 e. The minimum atomic E-state index is 0.199. The zero-order valence-electron chi connectivity index (χ0n) is 14.6. The average molecular weight is 340 g/mol. The van der Waals surface area contributed by atoms with E-state index < -0.39 is 0 Å². The standard InChI is InChI=1S/C15H28N6OS/c1-5-16-14(20(2)10-13-18-12-19-21(13)3)17-11-15(23-4)6-8-22-9-7-15/h12H,5-11H2,1-4H3,(H,16,17). The van der Waals surface area contributed by atoms with Crippen LogP contribution in [-0.2, 0) is 18.3 Å². The number of hydrogen-bond acceptors (Lipinski definition) is 5. The summed E-state index contributed by atoms with van der Waals surface area (Å²) in [4.78, 5) is 11.3. The average Bonchev–Trinajstić information content (AvgIpc) is 2.97. The second kappa shape index (κ2) is 8.54. The summed E-state index contributed by atoms with van der Waals surface area (Å²) < 4.78 is 7.50. The van der Waals surface area contributed by atoms with E-state index in [4.69, 9.17) is 9.73 Å². The Kier molecular flexibility index (Phi) is 6.71. The summed E-state index contributed by atoms with van der Waals surface area (Å²) >= 11 is 1.91. The summed E-state index contributed by atoms with van der Waals surface area (Å²) in [5.74, 6) is 1.83. The van der Waals surface area contributed by atoms with Gasteiger partial charge in [-0.05, 0) is 26.0 Å². The van der Waals surface area contributed by atoms with Crippen molar-refractivity contribution >= 4 is 17.7 Å². The number of nitrogens with one attached hydrogen (secondary N) is 1. The number of aromatic nitrogens is 3. The second-order valence-corrected chi connectivity index (χ2v) is 7.10. The predicted molar refractivity (Wildman–Crippen MR) is 94.7 cm³/mol. The summed E-state index contributed by atoms with van der Waals surface area (Å²) in [6, 6.07) is 0. The fourth-order valence-electron chi connectivity index (χ4n) is 2.61. The number of rotatable bonds is 6. The van der Waals surface area contributed by atoms with Crippen molar-refractivity contribution in [2.24, 2.45) is 12.0 Å². The van der Waals surface area contributed by atoms with Crippen LogP contribution in [0.2, 0.25) is 0 Å². The Balaban J connectivity index is 2.05. The smallest absolute Gasteiger partial charge is 0.194 e. The zero-order chi connectivity index (χ0) is 16.7. The number of nitrogens with zero attached hydrogens (tertiary/aromatic N) is 5. The van der Waals surface area contributed by atoms with Crippen LogP contribution in [0.3, 0.4) is 0 Å². The maximum absolute atomic E-state index is 5.51. The van der Waals surface area contributed by atoms with E-state index in [-0.39, 0.29) is 4.75 Å². The monoisotopic (exact) mass is 340 g/mol. The quantitative estimate of drug-likeness (QED) is 0.618. The number of ether oxygens (including phenoxy) is 1. The number of aliphatic imine (C=N–C) groups is 1. The van der Waals surface area contributed by atoms with Gasteiger partial charge in [0.1, 0.15) is 12.2 Å². The highest BCUT2D eigenvalue weighted by molar-refractivity contribution is 8.00. The Morgan fingerprint density at radius 2 is 2.26 bits per heavy atom. The van der Waals surface area contributed by atoms with Crippen molar-refractivity contribution in [3.63, 3.8) is 0 Å². The van der Waals surface area contributed by atoms with E-state index in [1.54, 1.807) is 11.0 Å². The van der Waals surface area contributed by atoms with Gasteiger partial charge >= 0.3 is 0 Å². The molecule has 7 nitrogen and oxygen atoms in total. The molecular weight excluding hydrogens is 312 g/mol. The first-order valence-electron chi connectivity index (χ1n) is 8.05. The van der Waals surface area contributed by atoms with Crippen LogP contribution in [-0.4, -0.2) is 70.0 Å². The van der Waals surface area contributed by atoms with E-state index in [9.17, 15) is 0 Å². The molecule has 0 bridgehead atoms. The lowest BCUT2D eigenvalue weighted by atomic mass is 9.99. The van der Waals surface area contributed by atoms with Gasteiger partial charge in [0.05, 0.1) is 13.1 Å². The molecule has 8 heteroatoms. The molecule has 23 heavy (non-hydrogen) atoms. The van der Waals surface area contributed by atoms with Crippen LogP contribution in [0, 0.1) is 0 Å². The molecule has 2 rings (SSSR count). The molecule has 0 aromatic carbocycles. The van der Waals surface area contributed by atoms with E-state index in [0.717, 1.165) is 50.9 Å². The van der Waals surface area contributed by atoms with Crippen LogP contribution in [0.4, 0.5) is 0 Å². The summed E-state index contributed by atoms with van der Waals surface area (Å²) in [5.41, 5.74) is 0. The molecule has 130 valence electrons. The summed E-state index contributed by atoms with van der Waals surface area (Å²) in [5, 5.41) is 7.49. The van der Waals surface area contributed by atoms with Crippen molar-refractivity contribution in [2.45, 2.75) is 31.1 Å². The zero-order valence-corrected chi connectivity index (χ0v) is 15.4. The van der Waals surface area contributed by atoms with Gasteiger partial charge in [-0.2, -0.15) is 16.9 Å². The normalized spacial score (nSPS) is 18.0. The molecule has 0 radical (unpaired) electrons. The lowest BCUT2D eigenvalue weighted by molar-refractivity contribution is 0.0793. The van der Waals surface area contributed by atoms with Crippen molar-refractivity contribution in [2.75, 3.05) is 39.6 Å². The highest BCUT2D eigenvalue weighted by atomic mass is 32.2. The van der Waals surface area contributed by atoms with Gasteiger partial charge in [0, 0.05) is 38.6 Å². The van der Waals surface area contributed by atoms with E-state index in [2.05, 4.69) is 33.5 Å². The van der Waals surface area contributed by atoms with Crippen LogP contribution in [0.5, 0.6) is 0 Å². The molecule has 0 atom stereocenters. The van der Waals surface area contributed by atoms with E-state index in [1.165, 1.54) is 0 Å². The van der Waals surface area contributed by atoms with Crippen molar-refractivity contribution in [3.05, 3.63) is 12.2 Å². The first kappa shape index (κ1) is 18.1. The second-order valence-electron chi connectivity index (χ2n) is 5.83. The highest BCUT2D eigenvalue weighted by Crippen LogP contribution is 2.34. The summed E-state index contributed by atoms with van der Waals surface area (Å²) in [6.45, 7) is 6.09. The van der Waals surface area contributed by atoms with Crippen molar-refractivity contribution < 1.29 is 4.74 Å². The van der Waals surface area contributed by atoms with Gasteiger partial charge in [-0.25, -0.2) is 4.98 Å². The molecule has 2 heterocycles. The predicted octanol–water partition coefficient (Wildman–Crippen LogP) is 1.12. The molecule has 1 saturated heterocycles. The highest BCUT2D eigenvalue weighted by Gasteiger charge is 2.31. The molecule has 1 aromatic heterocycles. The van der Waals surface area contributed by atoms with Gasteiger partial charge in [-0.15, -0.1) is 0 Å². The number of hydrogen-bond donors (Lipinski definition) is 1. The Hall–Kier alpha value is -1.28. The van der Waals surface area contributed by atoms with Gasteiger partial charge in [-0.1, -0.05) is 0 Å². The van der Waals surface area contributed by atoms with Crippen LogP contribution in [0.1, 0.15) is 25.6 Å². The Bertz CT molecular complexity index is 512. The molecule has 0 aliphatic carbocycles. The van der Waals surface area contributed by atoms with Gasteiger partial charge in [0.2, 0.25) is 0 Å². The van der Waals surface area contributed by atoms with Gasteiger partial charge in [0.15, 0.2) is 5.96 Å². The minimum Gasteiger partial charge on any atom is -0.381 e. The number of thioether (sulfide) groups is 1. The number of aryl methyl sites for hydroxylation is 1. The van der Waals surface area contributed by atoms with E-state index in [1.807, 2.05) is 25.9 Å². The Morgan fingerprint density at radius 3 is 2.83 bits per heavy atom. The maximum atomic E-state index is 5.51. The van der Waals surface area contributed by atoms with Gasteiger partial charge < -0.3 is 15.0 Å². The third-order valence-electron chi connectivity index (χ3n) is 4.23. The van der Waals surface area contributed by atoms with Crippen molar-refractivity contribution in [3.8, 4) is 0 Å². The molecule has 1 aliphatic rings. The van der Waals surface area contributed by atoms with Crippen LogP contribution in [0.15, 0.2) is 11.3 Å². The van der Waals surface area contributed by atoms with Gasteiger partial charge in [-0.3, -0.25) is 9.67 Å². The molecular formula is C15H28N6OS. The van der Waals surface area contributed by atoms with Crippen LogP contribution in [0.25, 0.3) is 0 Å². The lowest BCUT2D eigenvalue weighted by Gasteiger charge is -2.34. The SMILES string of the molecule is CCNC(=NCC1(SC)CCOCC1)N(C)Cc1ncnn1C. The van der Waals surface area contributed by atoms with E-state index in [0.29, 0.717) is 6.54 Å². The first-order valence-corrected chi connectivity index (χ1v) is 9.28. The molecule has 1 aliphatic heterocycles. The fraction of sp³-hybridized carbons (Fsp3) is 0.800. The van der Waals surface area contributed by atoms with Crippen LogP contribution < -0.4 is 5.32 Å². The lowest BCUT2D eigenvalue weighted by Crippen LogP contribution is -2.41. The summed E-state index contributed by atoms with van der Waals surface area (Å²) in [7, 11) is 3.94. The van der Waals surface area contributed by atoms with Crippen molar-refractivity contribution in [1.29, 1.82) is 0 Å². The molecule has 0 saturated carbocycles. The molecule has 1 N–H and O–H groups in total. The van der Waals surface area contributed by atoms with Crippen molar-refractivity contribution in [1.82, 2.24) is 25.0 Å². The first-order chi connectivity index (χ1) is 11.1. The Labute approximate surface area is 142 Å². The Morgan fingerprint density at radius 1 is 1.52 bits per heavy atom. The molecule has 0 spiro atoms. The molecule has 0 amide bonds. The fourth-order valence-corrected chi connectivity index (χ4v) is 3.38. The minimum absolute atomic E-state index is 0.199. The third kappa shape index (κ3) is 4.84. The topological polar surface area (TPSA) is 67.6 Å². The molecule has 1 aromatic rings. The summed E-state index contributed by atoms with van der Waals surface area (Å²) in [6.07, 6.45) is 5.88. The number of guanidine groups is 1. The largest absolute Gasteiger partial charge is 0.381 e. The van der Waals surface area contributed by atoms with Crippen LogP contribution >= 0.6 is 11.8 Å². The molecule has 1 fully saturated rings. The van der Waals surface area contributed by atoms with E-state index >= 15 is 0 Å². The molecule has 0 unspecified atom stereocenters.